The minimum atomic E-state index is 0.0545. The van der Waals surface area contributed by atoms with Crippen LogP contribution in [0, 0.1) is 0 Å². The molecule has 1 N–H and O–H groups in total. The molecule has 0 atom stereocenters. The summed E-state index contributed by atoms with van der Waals surface area (Å²) in [6.07, 6.45) is 1.82. The molecule has 2 aliphatic heterocycles. The summed E-state index contributed by atoms with van der Waals surface area (Å²) >= 11 is 6.08. The van der Waals surface area contributed by atoms with Gasteiger partial charge in [0.25, 0.3) is 0 Å². The van der Waals surface area contributed by atoms with Crippen LogP contribution in [0.3, 0.4) is 0 Å². The summed E-state index contributed by atoms with van der Waals surface area (Å²) in [6.45, 7) is 6.15. The van der Waals surface area contributed by atoms with Gasteiger partial charge in [0.15, 0.2) is 0 Å². The molecule has 3 rings (SSSR count). The van der Waals surface area contributed by atoms with Gasteiger partial charge < -0.3 is 19.7 Å². The number of hydrogen-bond acceptors (Lipinski definition) is 4. The lowest BCUT2D eigenvalue weighted by Gasteiger charge is -2.35. The highest BCUT2D eigenvalue weighted by atomic mass is 35.5. The molecule has 2 heterocycles. The van der Waals surface area contributed by atoms with Crippen molar-refractivity contribution < 1.29 is 14.3 Å². The molecule has 0 aliphatic carbocycles. The third-order valence-electron chi connectivity index (χ3n) is 4.71. The highest BCUT2D eigenvalue weighted by Crippen LogP contribution is 2.22. The number of para-hydroxylation sites is 1. The maximum absolute atomic E-state index is 12.3. The van der Waals surface area contributed by atoms with Crippen molar-refractivity contribution in [1.29, 1.82) is 0 Å². The van der Waals surface area contributed by atoms with E-state index >= 15 is 0 Å². The third kappa shape index (κ3) is 5.49. The minimum absolute atomic E-state index is 0.0545. The van der Waals surface area contributed by atoms with Crippen molar-refractivity contribution in [3.63, 3.8) is 0 Å². The summed E-state index contributed by atoms with van der Waals surface area (Å²) < 4.78 is 11.1. The van der Waals surface area contributed by atoms with Crippen molar-refractivity contribution in [3.8, 4) is 5.75 Å². The molecule has 2 amide bonds. The van der Waals surface area contributed by atoms with Crippen LogP contribution in [0.1, 0.15) is 12.8 Å². The molecule has 2 fully saturated rings. The number of benzene rings is 1. The van der Waals surface area contributed by atoms with E-state index in [-0.39, 0.29) is 12.1 Å². The Hall–Kier alpha value is -1.50. The number of piperazine rings is 1. The fraction of sp³-hybridized carbons (Fsp3) is 0.611. The van der Waals surface area contributed by atoms with E-state index in [4.69, 9.17) is 21.1 Å². The van der Waals surface area contributed by atoms with Gasteiger partial charge in [-0.15, -0.1) is 0 Å². The molecular weight excluding hydrogens is 342 g/mol. The lowest BCUT2D eigenvalue weighted by atomic mass is 10.1. The van der Waals surface area contributed by atoms with Gasteiger partial charge in [0.05, 0.1) is 5.02 Å². The van der Waals surface area contributed by atoms with E-state index in [9.17, 15) is 4.79 Å². The first kappa shape index (κ1) is 18.3. The van der Waals surface area contributed by atoms with Gasteiger partial charge >= 0.3 is 6.03 Å². The van der Waals surface area contributed by atoms with Crippen LogP contribution in [-0.4, -0.2) is 74.4 Å². The van der Waals surface area contributed by atoms with Crippen LogP contribution in [0.5, 0.6) is 5.75 Å². The number of carbonyl (C=O) groups is 1. The van der Waals surface area contributed by atoms with Gasteiger partial charge in [0.2, 0.25) is 0 Å². The zero-order chi connectivity index (χ0) is 17.5. The van der Waals surface area contributed by atoms with E-state index < -0.39 is 0 Å². The summed E-state index contributed by atoms with van der Waals surface area (Å²) in [5, 5.41) is 3.76. The van der Waals surface area contributed by atoms with Gasteiger partial charge in [-0.3, -0.25) is 4.90 Å². The van der Waals surface area contributed by atoms with Crippen molar-refractivity contribution in [2.24, 2.45) is 0 Å². The SMILES string of the molecule is O=C(NC1CCOCC1)N1CCN(CCOc2ccccc2Cl)CC1. The number of halogens is 1. The Balaban J connectivity index is 1.34. The molecule has 2 saturated heterocycles. The number of urea groups is 1. The fourth-order valence-electron chi connectivity index (χ4n) is 3.13. The van der Waals surface area contributed by atoms with E-state index in [0.717, 1.165) is 64.5 Å². The number of nitrogens with one attached hydrogen (secondary N) is 1. The van der Waals surface area contributed by atoms with Gasteiger partial charge in [0.1, 0.15) is 12.4 Å². The molecule has 6 nitrogen and oxygen atoms in total. The highest BCUT2D eigenvalue weighted by molar-refractivity contribution is 6.32. The van der Waals surface area contributed by atoms with E-state index in [0.29, 0.717) is 11.6 Å². The molecule has 1 aromatic rings. The van der Waals surface area contributed by atoms with E-state index in [2.05, 4.69) is 10.2 Å². The Labute approximate surface area is 154 Å². The lowest BCUT2D eigenvalue weighted by molar-refractivity contribution is 0.0756. The van der Waals surface area contributed by atoms with Crippen LogP contribution in [0.4, 0.5) is 4.79 Å². The summed E-state index contributed by atoms with van der Waals surface area (Å²) in [4.78, 5) is 16.5. The lowest BCUT2D eigenvalue weighted by Crippen LogP contribution is -2.54. The van der Waals surface area contributed by atoms with Crippen LogP contribution in [0.25, 0.3) is 0 Å². The largest absolute Gasteiger partial charge is 0.491 e. The molecule has 0 spiro atoms. The second-order valence-electron chi connectivity index (χ2n) is 6.44. The number of amides is 2. The molecular formula is C18H26ClN3O3. The van der Waals surface area contributed by atoms with Gasteiger partial charge in [0, 0.05) is 52.0 Å². The Morgan fingerprint density at radius 2 is 1.92 bits per heavy atom. The predicted octanol–water partition coefficient (Wildman–Crippen LogP) is 2.23. The van der Waals surface area contributed by atoms with Crippen LogP contribution in [0.2, 0.25) is 5.02 Å². The Morgan fingerprint density at radius 3 is 2.64 bits per heavy atom. The zero-order valence-corrected chi connectivity index (χ0v) is 15.2. The van der Waals surface area contributed by atoms with Gasteiger partial charge in [-0.1, -0.05) is 23.7 Å². The fourth-order valence-corrected chi connectivity index (χ4v) is 3.32. The third-order valence-corrected chi connectivity index (χ3v) is 5.02. The topological polar surface area (TPSA) is 54.0 Å². The summed E-state index contributed by atoms with van der Waals surface area (Å²) in [5.74, 6) is 0.721. The van der Waals surface area contributed by atoms with Crippen LogP contribution in [0.15, 0.2) is 24.3 Å². The smallest absolute Gasteiger partial charge is 0.317 e. The predicted molar refractivity (Wildman–Crippen MR) is 97.3 cm³/mol. The molecule has 0 radical (unpaired) electrons. The van der Waals surface area contributed by atoms with Crippen molar-refractivity contribution in [3.05, 3.63) is 29.3 Å². The highest BCUT2D eigenvalue weighted by Gasteiger charge is 2.23. The normalized spacial score (nSPS) is 19.6. The summed E-state index contributed by atoms with van der Waals surface area (Å²) in [5.41, 5.74) is 0. The van der Waals surface area contributed by atoms with Gasteiger partial charge in [-0.2, -0.15) is 0 Å². The molecule has 0 bridgehead atoms. The van der Waals surface area contributed by atoms with Crippen molar-refractivity contribution >= 4 is 17.6 Å². The molecule has 25 heavy (non-hydrogen) atoms. The second-order valence-corrected chi connectivity index (χ2v) is 6.85. The van der Waals surface area contributed by atoms with Crippen molar-refractivity contribution in [2.45, 2.75) is 18.9 Å². The molecule has 2 aliphatic rings. The quantitative estimate of drug-likeness (QED) is 0.867. The molecule has 7 heteroatoms. The van der Waals surface area contributed by atoms with Gasteiger partial charge in [-0.05, 0) is 25.0 Å². The second kappa shape index (κ2) is 9.27. The standard InChI is InChI=1S/C18H26ClN3O3/c19-16-3-1-2-4-17(16)25-14-11-21-7-9-22(10-8-21)18(23)20-15-5-12-24-13-6-15/h1-4,15H,5-14H2,(H,20,23). The molecule has 138 valence electrons. The van der Waals surface area contributed by atoms with Crippen molar-refractivity contribution in [1.82, 2.24) is 15.1 Å². The molecule has 0 saturated carbocycles. The monoisotopic (exact) mass is 367 g/mol. The number of carbonyl (C=O) groups excluding carboxylic acids is 1. The number of rotatable bonds is 5. The Bertz CT molecular complexity index is 558. The van der Waals surface area contributed by atoms with Crippen LogP contribution >= 0.6 is 11.6 Å². The van der Waals surface area contributed by atoms with E-state index in [1.54, 1.807) is 0 Å². The summed E-state index contributed by atoms with van der Waals surface area (Å²) in [6, 6.07) is 7.81. The summed E-state index contributed by atoms with van der Waals surface area (Å²) in [7, 11) is 0. The number of ether oxygens (including phenoxy) is 2. The maximum Gasteiger partial charge on any atom is 0.317 e. The Kier molecular flexibility index (Phi) is 6.78. The average Bonchev–Trinajstić information content (AvgIpc) is 2.65. The van der Waals surface area contributed by atoms with Crippen molar-refractivity contribution in [2.75, 3.05) is 52.5 Å². The molecule has 1 aromatic carbocycles. The van der Waals surface area contributed by atoms with E-state index in [1.807, 2.05) is 29.2 Å². The van der Waals surface area contributed by atoms with Crippen LogP contribution < -0.4 is 10.1 Å². The van der Waals surface area contributed by atoms with E-state index in [1.165, 1.54) is 0 Å². The number of nitrogens with zero attached hydrogens (tertiary/aromatic N) is 2. The Morgan fingerprint density at radius 1 is 1.20 bits per heavy atom. The first-order valence-corrected chi connectivity index (χ1v) is 9.33. The average molecular weight is 368 g/mol. The first-order chi connectivity index (χ1) is 12.2. The maximum atomic E-state index is 12.3. The van der Waals surface area contributed by atoms with Gasteiger partial charge in [-0.25, -0.2) is 4.79 Å². The minimum Gasteiger partial charge on any atom is -0.491 e. The molecule has 0 unspecified atom stereocenters. The first-order valence-electron chi connectivity index (χ1n) is 8.95. The molecule has 0 aromatic heterocycles. The van der Waals surface area contributed by atoms with Crippen LogP contribution in [-0.2, 0) is 4.74 Å². The zero-order valence-electron chi connectivity index (χ0n) is 14.5. The number of hydrogen-bond donors (Lipinski definition) is 1.